The van der Waals surface area contributed by atoms with Crippen LogP contribution in [0.1, 0.15) is 118 Å². The van der Waals surface area contributed by atoms with Crippen LogP contribution in [0.3, 0.4) is 0 Å². The van der Waals surface area contributed by atoms with Gasteiger partial charge >= 0.3 is 5.97 Å². The first-order valence-electron chi connectivity index (χ1n) is 14.7. The van der Waals surface area contributed by atoms with Gasteiger partial charge in [0.2, 0.25) is 0 Å². The van der Waals surface area contributed by atoms with Gasteiger partial charge in [-0.15, -0.1) is 0 Å². The highest BCUT2D eigenvalue weighted by Crippen LogP contribution is 2.33. The van der Waals surface area contributed by atoms with Crippen LogP contribution >= 0.6 is 0 Å². The number of aliphatic hydroxyl groups excluding tert-OH is 1. The van der Waals surface area contributed by atoms with Gasteiger partial charge in [-0.1, -0.05) is 93.8 Å². The highest BCUT2D eigenvalue weighted by atomic mass is 16.4. The fourth-order valence-electron chi connectivity index (χ4n) is 5.52. The topological polar surface area (TPSA) is 121 Å². The molecule has 7 nitrogen and oxygen atoms in total. The highest BCUT2D eigenvalue weighted by molar-refractivity contribution is 6.06. The average Bonchev–Trinajstić information content (AvgIpc) is 3.02. The van der Waals surface area contributed by atoms with E-state index in [1.807, 2.05) is 36.4 Å². The van der Waals surface area contributed by atoms with E-state index in [1.165, 1.54) is 61.9 Å². The minimum absolute atomic E-state index is 0.0119. The summed E-state index contributed by atoms with van der Waals surface area (Å²) in [6.07, 6.45) is 4.43. The Morgan fingerprint density at radius 3 is 1.88 bits per heavy atom. The van der Waals surface area contributed by atoms with Gasteiger partial charge in [-0.3, -0.25) is 14.4 Å². The van der Waals surface area contributed by atoms with Crippen LogP contribution in [0.25, 0.3) is 0 Å². The van der Waals surface area contributed by atoms with Gasteiger partial charge in [0, 0.05) is 23.1 Å². The number of benzene rings is 3. The molecule has 2 atom stereocenters. The minimum Gasteiger partial charge on any atom is -0.479 e. The van der Waals surface area contributed by atoms with Crippen molar-refractivity contribution in [2.75, 3.05) is 6.54 Å². The minimum atomic E-state index is -1.71. The predicted molar refractivity (Wildman–Crippen MR) is 161 cm³/mol. The largest absolute Gasteiger partial charge is 0.479 e. The first kappa shape index (κ1) is 30.8. The number of amides is 1. The predicted octanol–water partition coefficient (Wildman–Crippen LogP) is 6.27. The van der Waals surface area contributed by atoms with Gasteiger partial charge in [0.05, 0.1) is 12.5 Å². The van der Waals surface area contributed by atoms with E-state index in [2.05, 4.69) is 31.3 Å². The highest BCUT2D eigenvalue weighted by Gasteiger charge is 2.26. The lowest BCUT2D eigenvalue weighted by Crippen LogP contribution is -2.36. The number of carboxylic acid groups (broad SMARTS) is 1. The maximum absolute atomic E-state index is 13.8. The van der Waals surface area contributed by atoms with Gasteiger partial charge in [0.25, 0.3) is 5.91 Å². The van der Waals surface area contributed by atoms with E-state index < -0.39 is 30.4 Å². The molecule has 0 heterocycles. The summed E-state index contributed by atoms with van der Waals surface area (Å²) in [5.41, 5.74) is 4.32. The number of carboxylic acids is 1. The molecule has 7 heteroatoms. The zero-order valence-electron chi connectivity index (χ0n) is 24.2. The van der Waals surface area contributed by atoms with Crippen LogP contribution in [-0.4, -0.2) is 46.3 Å². The molecular formula is C35H39NO6. The second-order valence-electron chi connectivity index (χ2n) is 11.5. The summed E-state index contributed by atoms with van der Waals surface area (Å²) in [7, 11) is 0. The molecule has 0 aliphatic heterocycles. The van der Waals surface area contributed by atoms with Gasteiger partial charge in [0.1, 0.15) is 0 Å². The average molecular weight is 570 g/mol. The molecule has 3 N–H and O–H groups in total. The van der Waals surface area contributed by atoms with E-state index in [4.69, 9.17) is 5.11 Å². The van der Waals surface area contributed by atoms with Gasteiger partial charge in [-0.05, 0) is 53.5 Å². The van der Waals surface area contributed by atoms with Gasteiger partial charge < -0.3 is 15.5 Å². The van der Waals surface area contributed by atoms with Crippen LogP contribution in [0.4, 0.5) is 0 Å². The quantitative estimate of drug-likeness (QED) is 0.221. The van der Waals surface area contributed by atoms with Crippen molar-refractivity contribution in [2.45, 2.75) is 76.2 Å². The standard InChI is InChI=1S/C35H39NO6/c1-22(2)23-8-12-26(13-9-23)30(20-31(37)27-14-10-25(11-15-27)24-6-4-3-5-7-24)33(39)28-16-18-29(19-17-28)34(40)36-21-32(38)35(41)42/h8-19,22,24,30,32,38H,3-7,20-21H2,1-2H3,(H,36,40)(H,41,42). The Labute approximate surface area is 247 Å². The third kappa shape index (κ3) is 7.79. The number of hydrogen-bond donors (Lipinski definition) is 3. The fourth-order valence-corrected chi connectivity index (χ4v) is 5.52. The van der Waals surface area contributed by atoms with Crippen LogP contribution in [-0.2, 0) is 4.79 Å². The van der Waals surface area contributed by atoms with E-state index >= 15 is 0 Å². The lowest BCUT2D eigenvalue weighted by Gasteiger charge is -2.22. The van der Waals surface area contributed by atoms with Crippen molar-refractivity contribution >= 4 is 23.4 Å². The SMILES string of the molecule is CC(C)c1ccc(C(CC(=O)c2ccc(C3CCCCC3)cc2)C(=O)c2ccc(C(=O)NCC(O)C(=O)O)cc2)cc1. The van der Waals surface area contributed by atoms with Crippen molar-refractivity contribution in [2.24, 2.45) is 0 Å². The smallest absolute Gasteiger partial charge is 0.334 e. The Balaban J connectivity index is 1.53. The molecule has 0 saturated heterocycles. The Bertz CT molecular complexity index is 1390. The van der Waals surface area contributed by atoms with E-state index in [-0.39, 0.29) is 23.6 Å². The van der Waals surface area contributed by atoms with Crippen molar-refractivity contribution in [3.05, 3.63) is 106 Å². The van der Waals surface area contributed by atoms with Crippen LogP contribution in [0.15, 0.2) is 72.8 Å². The maximum atomic E-state index is 13.8. The first-order valence-corrected chi connectivity index (χ1v) is 14.7. The Kier molecular flexibility index (Phi) is 10.4. The molecule has 0 radical (unpaired) electrons. The number of nitrogens with one attached hydrogen (secondary N) is 1. The molecule has 1 saturated carbocycles. The molecule has 0 spiro atoms. The summed E-state index contributed by atoms with van der Waals surface area (Å²) in [4.78, 5) is 50.5. The summed E-state index contributed by atoms with van der Waals surface area (Å²) in [5, 5.41) is 20.5. The lowest BCUT2D eigenvalue weighted by molar-refractivity contribution is -0.146. The molecule has 1 amide bonds. The molecule has 3 aromatic rings. The first-order chi connectivity index (χ1) is 20.1. The van der Waals surface area contributed by atoms with E-state index in [0.717, 1.165) is 11.1 Å². The number of ketones is 2. The van der Waals surface area contributed by atoms with Crippen LogP contribution in [0.5, 0.6) is 0 Å². The van der Waals surface area contributed by atoms with Crippen LogP contribution in [0, 0.1) is 0 Å². The molecule has 4 rings (SSSR count). The second-order valence-corrected chi connectivity index (χ2v) is 11.5. The van der Waals surface area contributed by atoms with Gasteiger partial charge in [-0.25, -0.2) is 4.79 Å². The fraction of sp³-hybridized carbons (Fsp3) is 0.371. The Hall–Kier alpha value is -4.10. The summed E-state index contributed by atoms with van der Waals surface area (Å²) in [6.45, 7) is 3.75. The number of aliphatic hydroxyl groups is 1. The monoisotopic (exact) mass is 569 g/mol. The zero-order chi connectivity index (χ0) is 30.2. The molecule has 0 aromatic heterocycles. The van der Waals surface area contributed by atoms with E-state index in [1.54, 1.807) is 0 Å². The molecule has 42 heavy (non-hydrogen) atoms. The van der Waals surface area contributed by atoms with Crippen molar-refractivity contribution in [3.63, 3.8) is 0 Å². The molecular weight excluding hydrogens is 530 g/mol. The number of Topliss-reactive ketones (excluding diaryl/α,β-unsaturated/α-hetero) is 2. The number of aliphatic carboxylic acids is 1. The molecule has 0 bridgehead atoms. The van der Waals surface area contributed by atoms with E-state index in [0.29, 0.717) is 23.0 Å². The van der Waals surface area contributed by atoms with Crippen molar-refractivity contribution < 1.29 is 29.4 Å². The zero-order valence-corrected chi connectivity index (χ0v) is 24.2. The molecule has 1 fully saturated rings. The number of carbonyl (C=O) groups excluding carboxylic acids is 3. The molecule has 1 aliphatic rings. The Morgan fingerprint density at radius 1 is 0.762 bits per heavy atom. The number of rotatable bonds is 12. The lowest BCUT2D eigenvalue weighted by atomic mass is 9.82. The van der Waals surface area contributed by atoms with Crippen molar-refractivity contribution in [1.82, 2.24) is 5.32 Å². The summed E-state index contributed by atoms with van der Waals surface area (Å²) in [6, 6.07) is 21.7. The van der Waals surface area contributed by atoms with Gasteiger partial charge in [-0.2, -0.15) is 0 Å². The molecule has 220 valence electrons. The number of hydrogen-bond acceptors (Lipinski definition) is 5. The molecule has 1 aliphatic carbocycles. The van der Waals surface area contributed by atoms with Crippen molar-refractivity contribution in [1.29, 1.82) is 0 Å². The Morgan fingerprint density at radius 2 is 1.31 bits per heavy atom. The summed E-state index contributed by atoms with van der Waals surface area (Å²) in [5.74, 6) is -2.17. The third-order valence-electron chi connectivity index (χ3n) is 8.19. The molecule has 3 aromatic carbocycles. The maximum Gasteiger partial charge on any atom is 0.334 e. The summed E-state index contributed by atoms with van der Waals surface area (Å²) >= 11 is 0. The van der Waals surface area contributed by atoms with Gasteiger partial charge in [0.15, 0.2) is 17.7 Å². The third-order valence-corrected chi connectivity index (χ3v) is 8.19. The van der Waals surface area contributed by atoms with Crippen LogP contribution in [0.2, 0.25) is 0 Å². The van der Waals surface area contributed by atoms with Crippen LogP contribution < -0.4 is 5.32 Å². The molecule has 2 unspecified atom stereocenters. The second kappa shape index (κ2) is 14.2. The normalized spacial score (nSPS) is 15.1. The van der Waals surface area contributed by atoms with Crippen molar-refractivity contribution in [3.8, 4) is 0 Å². The number of carbonyl (C=O) groups is 4. The van der Waals surface area contributed by atoms with E-state index in [9.17, 15) is 24.3 Å². The summed E-state index contributed by atoms with van der Waals surface area (Å²) < 4.78 is 0.